The lowest BCUT2D eigenvalue weighted by Crippen LogP contribution is -1.96. The van der Waals surface area contributed by atoms with Crippen molar-refractivity contribution in [2.24, 2.45) is 0 Å². The standard InChI is InChI=1S/C15H18N2O3/c1-4-20-14-6-5-10(9(2)3)7-11(14)12-8-13(15(18)19)17-16-12/h5-9H,4H2,1-3H3,(H,16,17)(H,18,19). The second kappa shape index (κ2) is 5.77. The van der Waals surface area contributed by atoms with E-state index in [1.54, 1.807) is 0 Å². The molecule has 5 nitrogen and oxygen atoms in total. The molecule has 106 valence electrons. The van der Waals surface area contributed by atoms with Crippen LogP contribution in [0.25, 0.3) is 11.3 Å². The molecule has 1 heterocycles. The normalized spacial score (nSPS) is 10.8. The maximum Gasteiger partial charge on any atom is 0.353 e. The smallest absolute Gasteiger partial charge is 0.353 e. The first-order valence-electron chi connectivity index (χ1n) is 6.58. The van der Waals surface area contributed by atoms with Crippen LogP contribution in [0.4, 0.5) is 0 Å². The number of nitrogens with zero attached hydrogens (tertiary/aromatic N) is 1. The van der Waals surface area contributed by atoms with E-state index < -0.39 is 5.97 Å². The van der Waals surface area contributed by atoms with Crippen LogP contribution in [0.3, 0.4) is 0 Å². The summed E-state index contributed by atoms with van der Waals surface area (Å²) in [7, 11) is 0. The Morgan fingerprint density at radius 2 is 2.15 bits per heavy atom. The average molecular weight is 274 g/mol. The van der Waals surface area contributed by atoms with Crippen molar-refractivity contribution >= 4 is 5.97 Å². The number of ether oxygens (including phenoxy) is 1. The molecule has 2 aromatic rings. The predicted octanol–water partition coefficient (Wildman–Crippen LogP) is 3.30. The van der Waals surface area contributed by atoms with Crippen molar-refractivity contribution in [3.63, 3.8) is 0 Å². The summed E-state index contributed by atoms with van der Waals surface area (Å²) in [6.45, 7) is 6.66. The van der Waals surface area contributed by atoms with Crippen molar-refractivity contribution in [1.82, 2.24) is 10.2 Å². The zero-order chi connectivity index (χ0) is 14.7. The summed E-state index contributed by atoms with van der Waals surface area (Å²) in [6.07, 6.45) is 0. The Morgan fingerprint density at radius 1 is 1.40 bits per heavy atom. The van der Waals surface area contributed by atoms with E-state index in [0.29, 0.717) is 24.0 Å². The topological polar surface area (TPSA) is 75.2 Å². The average Bonchev–Trinajstić information content (AvgIpc) is 2.89. The van der Waals surface area contributed by atoms with Gasteiger partial charge in [-0.25, -0.2) is 4.79 Å². The fourth-order valence-electron chi connectivity index (χ4n) is 1.96. The zero-order valence-electron chi connectivity index (χ0n) is 11.8. The number of nitrogens with one attached hydrogen (secondary N) is 1. The molecule has 0 aliphatic rings. The van der Waals surface area contributed by atoms with Gasteiger partial charge in [-0.15, -0.1) is 0 Å². The molecule has 0 unspecified atom stereocenters. The molecule has 20 heavy (non-hydrogen) atoms. The number of H-pyrrole nitrogens is 1. The van der Waals surface area contributed by atoms with Crippen LogP contribution < -0.4 is 4.74 Å². The molecule has 0 saturated heterocycles. The molecule has 0 bridgehead atoms. The van der Waals surface area contributed by atoms with Gasteiger partial charge < -0.3 is 9.84 Å². The van der Waals surface area contributed by atoms with Crippen LogP contribution in [0, 0.1) is 0 Å². The molecule has 0 aliphatic heterocycles. The van der Waals surface area contributed by atoms with Gasteiger partial charge in [0.15, 0.2) is 0 Å². The fourth-order valence-corrected chi connectivity index (χ4v) is 1.96. The number of carboxylic acid groups (broad SMARTS) is 1. The Kier molecular flexibility index (Phi) is 4.08. The van der Waals surface area contributed by atoms with E-state index in [9.17, 15) is 4.79 Å². The number of rotatable bonds is 5. The third-order valence-electron chi connectivity index (χ3n) is 3.05. The van der Waals surface area contributed by atoms with Crippen LogP contribution in [0.1, 0.15) is 42.7 Å². The van der Waals surface area contributed by atoms with E-state index in [1.165, 1.54) is 6.07 Å². The third-order valence-corrected chi connectivity index (χ3v) is 3.05. The number of hydrogen-bond acceptors (Lipinski definition) is 3. The van der Waals surface area contributed by atoms with Gasteiger partial charge in [-0.2, -0.15) is 5.10 Å². The Bertz CT molecular complexity index is 617. The minimum Gasteiger partial charge on any atom is -0.493 e. The number of carbonyl (C=O) groups is 1. The number of hydrogen-bond donors (Lipinski definition) is 2. The Labute approximate surface area is 117 Å². The summed E-state index contributed by atoms with van der Waals surface area (Å²) >= 11 is 0. The highest BCUT2D eigenvalue weighted by Gasteiger charge is 2.14. The maximum absolute atomic E-state index is 10.9. The molecule has 0 atom stereocenters. The van der Waals surface area contributed by atoms with Crippen LogP contribution in [0.2, 0.25) is 0 Å². The summed E-state index contributed by atoms with van der Waals surface area (Å²) < 4.78 is 5.59. The van der Waals surface area contributed by atoms with Crippen LogP contribution in [0.15, 0.2) is 24.3 Å². The first kappa shape index (κ1) is 14.1. The largest absolute Gasteiger partial charge is 0.493 e. The first-order valence-corrected chi connectivity index (χ1v) is 6.58. The molecule has 1 aromatic heterocycles. The van der Waals surface area contributed by atoms with Crippen molar-refractivity contribution in [2.45, 2.75) is 26.7 Å². The summed E-state index contributed by atoms with van der Waals surface area (Å²) in [5.41, 5.74) is 2.61. The first-order chi connectivity index (χ1) is 9.52. The molecule has 1 aromatic carbocycles. The summed E-state index contributed by atoms with van der Waals surface area (Å²) in [5, 5.41) is 15.5. The third kappa shape index (κ3) is 2.82. The minimum absolute atomic E-state index is 0.0670. The van der Waals surface area contributed by atoms with Crippen LogP contribution in [0.5, 0.6) is 5.75 Å². The molecular weight excluding hydrogens is 256 g/mol. The van der Waals surface area contributed by atoms with E-state index in [2.05, 4.69) is 24.0 Å². The van der Waals surface area contributed by atoms with E-state index in [-0.39, 0.29) is 5.69 Å². The van der Waals surface area contributed by atoms with Gasteiger partial charge in [0.25, 0.3) is 0 Å². The summed E-state index contributed by atoms with van der Waals surface area (Å²) in [6, 6.07) is 7.44. The van der Waals surface area contributed by atoms with E-state index in [4.69, 9.17) is 9.84 Å². The van der Waals surface area contributed by atoms with Crippen molar-refractivity contribution < 1.29 is 14.6 Å². The lowest BCUT2D eigenvalue weighted by molar-refractivity contribution is 0.0690. The van der Waals surface area contributed by atoms with E-state index >= 15 is 0 Å². The Morgan fingerprint density at radius 3 is 2.70 bits per heavy atom. The van der Waals surface area contributed by atoms with Crippen molar-refractivity contribution in [3.8, 4) is 17.0 Å². The molecule has 0 amide bonds. The van der Waals surface area contributed by atoms with E-state index in [1.807, 2.05) is 25.1 Å². The van der Waals surface area contributed by atoms with Crippen molar-refractivity contribution in [1.29, 1.82) is 0 Å². The molecule has 0 aliphatic carbocycles. The number of carboxylic acids is 1. The highest BCUT2D eigenvalue weighted by molar-refractivity contribution is 5.87. The summed E-state index contributed by atoms with van der Waals surface area (Å²) in [4.78, 5) is 10.9. The van der Waals surface area contributed by atoms with Gasteiger partial charge in [-0.1, -0.05) is 19.9 Å². The van der Waals surface area contributed by atoms with Crippen LogP contribution in [-0.2, 0) is 0 Å². The quantitative estimate of drug-likeness (QED) is 0.877. The van der Waals surface area contributed by atoms with Gasteiger partial charge in [-0.3, -0.25) is 5.10 Å². The monoisotopic (exact) mass is 274 g/mol. The lowest BCUT2D eigenvalue weighted by atomic mass is 9.99. The molecule has 0 spiro atoms. The number of aromatic amines is 1. The zero-order valence-corrected chi connectivity index (χ0v) is 11.8. The predicted molar refractivity (Wildman–Crippen MR) is 76.2 cm³/mol. The van der Waals surface area contributed by atoms with Crippen molar-refractivity contribution in [2.75, 3.05) is 6.61 Å². The Hall–Kier alpha value is -2.30. The van der Waals surface area contributed by atoms with Gasteiger partial charge in [-0.05, 0) is 36.6 Å². The number of aromatic carboxylic acids is 1. The van der Waals surface area contributed by atoms with Gasteiger partial charge in [0.05, 0.1) is 12.3 Å². The van der Waals surface area contributed by atoms with Gasteiger partial charge in [0, 0.05) is 5.56 Å². The fraction of sp³-hybridized carbons (Fsp3) is 0.333. The maximum atomic E-state index is 10.9. The Balaban J connectivity index is 2.50. The highest BCUT2D eigenvalue weighted by atomic mass is 16.5. The second-order valence-electron chi connectivity index (χ2n) is 4.82. The lowest BCUT2D eigenvalue weighted by Gasteiger charge is -2.12. The molecule has 2 rings (SSSR count). The van der Waals surface area contributed by atoms with Gasteiger partial charge >= 0.3 is 5.97 Å². The van der Waals surface area contributed by atoms with Crippen LogP contribution >= 0.6 is 0 Å². The molecule has 0 radical (unpaired) electrons. The molecule has 0 fully saturated rings. The molecule has 5 heteroatoms. The number of aromatic nitrogens is 2. The molecular formula is C15H18N2O3. The molecule has 2 N–H and O–H groups in total. The minimum atomic E-state index is -1.03. The second-order valence-corrected chi connectivity index (χ2v) is 4.82. The summed E-state index contributed by atoms with van der Waals surface area (Å²) in [5.74, 6) is 0.0596. The SMILES string of the molecule is CCOc1ccc(C(C)C)cc1-c1cc(C(=O)O)[nH]n1. The van der Waals surface area contributed by atoms with Crippen LogP contribution in [-0.4, -0.2) is 27.9 Å². The highest BCUT2D eigenvalue weighted by Crippen LogP contribution is 2.32. The van der Waals surface area contributed by atoms with E-state index in [0.717, 1.165) is 11.1 Å². The van der Waals surface area contributed by atoms with Gasteiger partial charge in [0.1, 0.15) is 11.4 Å². The molecule has 0 saturated carbocycles. The number of benzene rings is 1. The van der Waals surface area contributed by atoms with Crippen molar-refractivity contribution in [3.05, 3.63) is 35.5 Å². The van der Waals surface area contributed by atoms with Gasteiger partial charge in [0.2, 0.25) is 0 Å².